The van der Waals surface area contributed by atoms with Gasteiger partial charge in [0, 0.05) is 10.8 Å². The number of phenols is 1. The van der Waals surface area contributed by atoms with E-state index in [0.29, 0.717) is 10.8 Å². The fraction of sp³-hybridized carbons (Fsp3) is 0.0625. The van der Waals surface area contributed by atoms with Gasteiger partial charge in [-0.2, -0.15) is 0 Å². The molecule has 0 bridgehead atoms. The molecule has 3 aromatic rings. The predicted molar refractivity (Wildman–Crippen MR) is 74.8 cm³/mol. The van der Waals surface area contributed by atoms with E-state index in [1.165, 1.54) is 0 Å². The van der Waals surface area contributed by atoms with Gasteiger partial charge in [-0.3, -0.25) is 0 Å². The monoisotopic (exact) mass is 252 g/mol. The van der Waals surface area contributed by atoms with E-state index in [1.54, 1.807) is 18.2 Å². The highest BCUT2D eigenvalue weighted by atomic mass is 16.4. The van der Waals surface area contributed by atoms with Crippen molar-refractivity contribution in [2.75, 3.05) is 0 Å². The highest BCUT2D eigenvalue weighted by Crippen LogP contribution is 2.37. The van der Waals surface area contributed by atoms with E-state index in [1.807, 2.05) is 31.2 Å². The maximum absolute atomic E-state index is 11.4. The highest BCUT2D eigenvalue weighted by Gasteiger charge is 2.18. The van der Waals surface area contributed by atoms with E-state index in [9.17, 15) is 15.0 Å². The lowest BCUT2D eigenvalue weighted by Crippen LogP contribution is -1.99. The molecule has 0 fully saturated rings. The van der Waals surface area contributed by atoms with E-state index in [2.05, 4.69) is 0 Å². The summed E-state index contributed by atoms with van der Waals surface area (Å²) in [6.07, 6.45) is 0. The van der Waals surface area contributed by atoms with E-state index in [-0.39, 0.29) is 11.3 Å². The number of aryl methyl sites for hydroxylation is 1. The molecule has 0 radical (unpaired) electrons. The third-order valence-electron chi connectivity index (χ3n) is 3.37. The van der Waals surface area contributed by atoms with Crippen molar-refractivity contribution in [2.45, 2.75) is 6.92 Å². The molecule has 0 spiro atoms. The van der Waals surface area contributed by atoms with E-state index >= 15 is 0 Å². The number of aromatic hydroxyl groups is 1. The lowest BCUT2D eigenvalue weighted by molar-refractivity contribution is 0.0696. The molecule has 0 aliphatic rings. The van der Waals surface area contributed by atoms with Crippen LogP contribution < -0.4 is 0 Å². The standard InChI is InChI=1S/C16H12O3/c1-9-6-7-11-10-4-2-3-5-12(10)15(17)14(16(18)19)13(11)8-9/h2-8,17H,1H3,(H,18,19). The van der Waals surface area contributed by atoms with Crippen molar-refractivity contribution in [1.82, 2.24) is 0 Å². The molecule has 3 rings (SSSR count). The largest absolute Gasteiger partial charge is 0.506 e. The number of rotatable bonds is 1. The number of hydrogen-bond donors (Lipinski definition) is 2. The fourth-order valence-electron chi connectivity index (χ4n) is 2.50. The van der Waals surface area contributed by atoms with Crippen molar-refractivity contribution in [1.29, 1.82) is 0 Å². The van der Waals surface area contributed by atoms with Crippen molar-refractivity contribution >= 4 is 27.5 Å². The average Bonchev–Trinajstić information content (AvgIpc) is 2.38. The summed E-state index contributed by atoms with van der Waals surface area (Å²) < 4.78 is 0. The minimum Gasteiger partial charge on any atom is -0.506 e. The molecule has 94 valence electrons. The molecule has 0 amide bonds. The fourth-order valence-corrected chi connectivity index (χ4v) is 2.50. The van der Waals surface area contributed by atoms with Crippen LogP contribution in [0, 0.1) is 6.92 Å². The summed E-state index contributed by atoms with van der Waals surface area (Å²) >= 11 is 0. The molecular formula is C16H12O3. The van der Waals surface area contributed by atoms with Crippen LogP contribution in [0.1, 0.15) is 15.9 Å². The Morgan fingerprint density at radius 2 is 1.58 bits per heavy atom. The first-order valence-electron chi connectivity index (χ1n) is 5.97. The van der Waals surface area contributed by atoms with Gasteiger partial charge in [-0.25, -0.2) is 4.79 Å². The molecule has 19 heavy (non-hydrogen) atoms. The van der Waals surface area contributed by atoms with Gasteiger partial charge < -0.3 is 10.2 Å². The Balaban J connectivity index is 2.65. The Bertz CT molecular complexity index is 819. The summed E-state index contributed by atoms with van der Waals surface area (Å²) in [5.74, 6) is -1.28. The van der Waals surface area contributed by atoms with Gasteiger partial charge in [0.15, 0.2) is 0 Å². The summed E-state index contributed by atoms with van der Waals surface area (Å²) in [7, 11) is 0. The molecule has 3 heteroatoms. The first-order valence-corrected chi connectivity index (χ1v) is 5.97. The molecule has 0 saturated heterocycles. The number of carbonyl (C=O) groups is 1. The topological polar surface area (TPSA) is 57.5 Å². The Labute approximate surface area is 109 Å². The normalized spacial score (nSPS) is 11.0. The first kappa shape index (κ1) is 11.5. The van der Waals surface area contributed by atoms with Crippen molar-refractivity contribution in [3.8, 4) is 5.75 Å². The predicted octanol–water partition coefficient (Wildman–Crippen LogP) is 3.71. The lowest BCUT2D eigenvalue weighted by atomic mass is 9.95. The molecule has 0 aromatic heterocycles. The zero-order valence-electron chi connectivity index (χ0n) is 10.3. The number of carboxylic acid groups (broad SMARTS) is 1. The zero-order chi connectivity index (χ0) is 13.6. The van der Waals surface area contributed by atoms with Crippen LogP contribution in [0.25, 0.3) is 21.5 Å². The Kier molecular flexibility index (Phi) is 2.42. The first-order chi connectivity index (χ1) is 9.09. The molecule has 0 unspecified atom stereocenters. The molecule has 0 heterocycles. The van der Waals surface area contributed by atoms with Crippen LogP contribution in [0.3, 0.4) is 0 Å². The summed E-state index contributed by atoms with van der Waals surface area (Å²) in [4.78, 5) is 11.4. The molecule has 0 saturated carbocycles. The third-order valence-corrected chi connectivity index (χ3v) is 3.37. The van der Waals surface area contributed by atoms with Crippen LogP contribution in [0.2, 0.25) is 0 Å². The summed E-state index contributed by atoms with van der Waals surface area (Å²) in [6.45, 7) is 1.90. The quantitative estimate of drug-likeness (QED) is 0.649. The Hall–Kier alpha value is -2.55. The van der Waals surface area contributed by atoms with Crippen LogP contribution in [0.15, 0.2) is 42.5 Å². The SMILES string of the molecule is Cc1ccc2c(c1)c(C(=O)O)c(O)c1ccccc12. The minimum atomic E-state index is -1.11. The number of carboxylic acids is 1. The van der Waals surface area contributed by atoms with Gasteiger partial charge in [-0.05, 0) is 17.7 Å². The smallest absolute Gasteiger partial charge is 0.340 e. The Morgan fingerprint density at radius 3 is 2.26 bits per heavy atom. The molecule has 0 atom stereocenters. The molecule has 0 aliphatic carbocycles. The van der Waals surface area contributed by atoms with Crippen molar-refractivity contribution < 1.29 is 15.0 Å². The number of aromatic carboxylic acids is 1. The Morgan fingerprint density at radius 1 is 0.947 bits per heavy atom. The van der Waals surface area contributed by atoms with E-state index in [0.717, 1.165) is 16.3 Å². The van der Waals surface area contributed by atoms with Crippen molar-refractivity contribution in [3.63, 3.8) is 0 Å². The zero-order valence-corrected chi connectivity index (χ0v) is 10.3. The molecule has 2 N–H and O–H groups in total. The van der Waals surface area contributed by atoms with Crippen LogP contribution in [-0.2, 0) is 0 Å². The summed E-state index contributed by atoms with van der Waals surface area (Å²) in [6, 6.07) is 12.9. The number of fused-ring (bicyclic) bond motifs is 3. The van der Waals surface area contributed by atoms with Crippen LogP contribution in [0.4, 0.5) is 0 Å². The van der Waals surface area contributed by atoms with Gasteiger partial charge in [-0.15, -0.1) is 0 Å². The van der Waals surface area contributed by atoms with Crippen molar-refractivity contribution in [3.05, 3.63) is 53.6 Å². The van der Waals surface area contributed by atoms with Gasteiger partial charge >= 0.3 is 5.97 Å². The maximum Gasteiger partial charge on any atom is 0.340 e. The number of hydrogen-bond acceptors (Lipinski definition) is 2. The second-order valence-electron chi connectivity index (χ2n) is 4.62. The van der Waals surface area contributed by atoms with E-state index < -0.39 is 5.97 Å². The van der Waals surface area contributed by atoms with Gasteiger partial charge in [0.2, 0.25) is 0 Å². The molecule has 3 aromatic carbocycles. The average molecular weight is 252 g/mol. The van der Waals surface area contributed by atoms with Gasteiger partial charge in [0.25, 0.3) is 0 Å². The summed E-state index contributed by atoms with van der Waals surface area (Å²) in [5, 5.41) is 22.4. The second kappa shape index (κ2) is 3.99. The maximum atomic E-state index is 11.4. The van der Waals surface area contributed by atoms with Gasteiger partial charge in [0.1, 0.15) is 11.3 Å². The minimum absolute atomic E-state index is 0.0302. The molecule has 0 aliphatic heterocycles. The number of benzene rings is 3. The molecule has 3 nitrogen and oxygen atoms in total. The lowest BCUT2D eigenvalue weighted by Gasteiger charge is -2.11. The van der Waals surface area contributed by atoms with Gasteiger partial charge in [-0.1, -0.05) is 48.0 Å². The summed E-state index contributed by atoms with van der Waals surface area (Å²) in [5.41, 5.74) is 0.932. The van der Waals surface area contributed by atoms with Crippen LogP contribution >= 0.6 is 0 Å². The van der Waals surface area contributed by atoms with Gasteiger partial charge in [0.05, 0.1) is 0 Å². The molecular weight excluding hydrogens is 240 g/mol. The van der Waals surface area contributed by atoms with Crippen molar-refractivity contribution in [2.24, 2.45) is 0 Å². The second-order valence-corrected chi connectivity index (χ2v) is 4.62. The van der Waals surface area contributed by atoms with Crippen LogP contribution in [0.5, 0.6) is 5.75 Å². The van der Waals surface area contributed by atoms with E-state index in [4.69, 9.17) is 0 Å². The third kappa shape index (κ3) is 1.63. The highest BCUT2D eigenvalue weighted by molar-refractivity contribution is 6.19. The van der Waals surface area contributed by atoms with Crippen LogP contribution in [-0.4, -0.2) is 16.2 Å².